The number of carbonyl (C=O) groups is 1. The summed E-state index contributed by atoms with van der Waals surface area (Å²) in [5, 5.41) is 7.66. The van der Waals surface area contributed by atoms with Crippen LogP contribution in [0.15, 0.2) is 9.85 Å². The van der Waals surface area contributed by atoms with Crippen molar-refractivity contribution in [2.75, 3.05) is 12.3 Å². The standard InChI is InChI=1S/C10H15N3OS2/c1-8-4-2-3-5-13(8)9(14)6-15-10-12-11-7-16-10/h7-8H,2-6H2,1H3. The Morgan fingerprint density at radius 3 is 3.25 bits per heavy atom. The van der Waals surface area contributed by atoms with Crippen molar-refractivity contribution in [2.24, 2.45) is 0 Å². The van der Waals surface area contributed by atoms with Gasteiger partial charge in [-0.15, -0.1) is 10.2 Å². The molecule has 1 fully saturated rings. The van der Waals surface area contributed by atoms with E-state index in [4.69, 9.17) is 0 Å². The highest BCUT2D eigenvalue weighted by Gasteiger charge is 2.23. The number of rotatable bonds is 3. The van der Waals surface area contributed by atoms with Crippen molar-refractivity contribution >= 4 is 29.0 Å². The fourth-order valence-corrected chi connectivity index (χ4v) is 3.28. The summed E-state index contributed by atoms with van der Waals surface area (Å²) in [6.45, 7) is 3.04. The fourth-order valence-electron chi connectivity index (χ4n) is 1.90. The van der Waals surface area contributed by atoms with E-state index in [0.29, 0.717) is 11.8 Å². The van der Waals surface area contributed by atoms with E-state index >= 15 is 0 Å². The van der Waals surface area contributed by atoms with Gasteiger partial charge in [-0.25, -0.2) is 0 Å². The molecule has 1 atom stereocenters. The Hall–Kier alpha value is -0.620. The van der Waals surface area contributed by atoms with Crippen molar-refractivity contribution < 1.29 is 4.79 Å². The molecule has 1 saturated heterocycles. The van der Waals surface area contributed by atoms with Gasteiger partial charge in [0.1, 0.15) is 5.51 Å². The minimum atomic E-state index is 0.229. The highest BCUT2D eigenvalue weighted by Crippen LogP contribution is 2.22. The second kappa shape index (κ2) is 5.63. The molecule has 0 saturated carbocycles. The summed E-state index contributed by atoms with van der Waals surface area (Å²) in [7, 11) is 0. The number of hydrogen-bond donors (Lipinski definition) is 0. The minimum Gasteiger partial charge on any atom is -0.339 e. The molecule has 16 heavy (non-hydrogen) atoms. The van der Waals surface area contributed by atoms with Crippen molar-refractivity contribution in [3.8, 4) is 0 Å². The molecule has 0 bridgehead atoms. The van der Waals surface area contributed by atoms with Crippen LogP contribution in [0.5, 0.6) is 0 Å². The van der Waals surface area contributed by atoms with Crippen LogP contribution in [0, 0.1) is 0 Å². The molecule has 1 amide bonds. The van der Waals surface area contributed by atoms with E-state index < -0.39 is 0 Å². The van der Waals surface area contributed by atoms with Gasteiger partial charge in [-0.2, -0.15) is 0 Å². The maximum absolute atomic E-state index is 12.0. The Bertz CT molecular complexity index is 342. The quantitative estimate of drug-likeness (QED) is 0.777. The summed E-state index contributed by atoms with van der Waals surface area (Å²) in [4.78, 5) is 14.0. The van der Waals surface area contributed by atoms with Crippen LogP contribution in [-0.4, -0.2) is 39.3 Å². The predicted molar refractivity (Wildman–Crippen MR) is 65.7 cm³/mol. The first kappa shape index (κ1) is 11.9. The molecular weight excluding hydrogens is 242 g/mol. The first-order chi connectivity index (χ1) is 7.77. The molecule has 1 unspecified atom stereocenters. The van der Waals surface area contributed by atoms with Gasteiger partial charge < -0.3 is 4.90 Å². The molecule has 6 heteroatoms. The van der Waals surface area contributed by atoms with Gasteiger partial charge in [-0.05, 0) is 26.2 Å². The van der Waals surface area contributed by atoms with E-state index in [0.717, 1.165) is 23.7 Å². The second-order valence-corrected chi connectivity index (χ2v) is 5.98. The van der Waals surface area contributed by atoms with Crippen LogP contribution in [0.3, 0.4) is 0 Å². The van der Waals surface area contributed by atoms with E-state index in [1.54, 1.807) is 5.51 Å². The lowest BCUT2D eigenvalue weighted by molar-refractivity contribution is -0.131. The number of piperidine rings is 1. The SMILES string of the molecule is CC1CCCCN1C(=O)CSc1nncs1. The van der Waals surface area contributed by atoms with Gasteiger partial charge in [0.15, 0.2) is 4.34 Å². The molecule has 4 nitrogen and oxygen atoms in total. The maximum Gasteiger partial charge on any atom is 0.233 e. The maximum atomic E-state index is 12.0. The summed E-state index contributed by atoms with van der Waals surface area (Å²) in [6, 6.07) is 0.399. The van der Waals surface area contributed by atoms with Gasteiger partial charge >= 0.3 is 0 Å². The van der Waals surface area contributed by atoms with Gasteiger partial charge in [0, 0.05) is 12.6 Å². The van der Waals surface area contributed by atoms with Crippen molar-refractivity contribution in [1.29, 1.82) is 0 Å². The van der Waals surface area contributed by atoms with Gasteiger partial charge in [-0.1, -0.05) is 23.1 Å². The molecule has 1 aliphatic heterocycles. The zero-order valence-electron chi connectivity index (χ0n) is 9.26. The summed E-state index contributed by atoms with van der Waals surface area (Å²) >= 11 is 2.97. The lowest BCUT2D eigenvalue weighted by atomic mass is 10.0. The monoisotopic (exact) mass is 257 g/mol. The van der Waals surface area contributed by atoms with Crippen molar-refractivity contribution in [3.05, 3.63) is 5.51 Å². The topological polar surface area (TPSA) is 46.1 Å². The Morgan fingerprint density at radius 1 is 1.69 bits per heavy atom. The molecule has 88 valence electrons. The zero-order chi connectivity index (χ0) is 11.4. The third-order valence-electron chi connectivity index (χ3n) is 2.78. The number of thioether (sulfide) groups is 1. The molecule has 0 spiro atoms. The van der Waals surface area contributed by atoms with Crippen LogP contribution in [-0.2, 0) is 4.79 Å². The van der Waals surface area contributed by atoms with E-state index in [1.165, 1.54) is 29.5 Å². The first-order valence-corrected chi connectivity index (χ1v) is 7.32. The number of aromatic nitrogens is 2. The van der Waals surface area contributed by atoms with E-state index in [9.17, 15) is 4.79 Å². The van der Waals surface area contributed by atoms with Crippen LogP contribution < -0.4 is 0 Å². The van der Waals surface area contributed by atoms with Crippen LogP contribution >= 0.6 is 23.1 Å². The summed E-state index contributed by atoms with van der Waals surface area (Å²) in [5.74, 6) is 0.715. The molecule has 0 aromatic carbocycles. The normalized spacial score (nSPS) is 21.1. The Labute approximate surface area is 103 Å². The number of hydrogen-bond acceptors (Lipinski definition) is 5. The number of likely N-dealkylation sites (tertiary alicyclic amines) is 1. The zero-order valence-corrected chi connectivity index (χ0v) is 10.9. The van der Waals surface area contributed by atoms with Crippen LogP contribution in [0.4, 0.5) is 0 Å². The second-order valence-electron chi connectivity index (χ2n) is 3.93. The summed E-state index contributed by atoms with van der Waals surface area (Å²) < 4.78 is 0.873. The largest absolute Gasteiger partial charge is 0.339 e. The molecule has 1 aliphatic rings. The van der Waals surface area contributed by atoms with Gasteiger partial charge in [0.2, 0.25) is 5.91 Å². The van der Waals surface area contributed by atoms with Gasteiger partial charge in [0.05, 0.1) is 5.75 Å². The van der Waals surface area contributed by atoms with E-state index in [1.807, 2.05) is 4.90 Å². The molecule has 0 radical (unpaired) electrons. The fraction of sp³-hybridized carbons (Fsp3) is 0.700. The number of carbonyl (C=O) groups excluding carboxylic acids is 1. The molecule has 2 rings (SSSR count). The van der Waals surface area contributed by atoms with Crippen LogP contribution in [0.2, 0.25) is 0 Å². The summed E-state index contributed by atoms with van der Waals surface area (Å²) in [5.41, 5.74) is 1.69. The predicted octanol–water partition coefficient (Wildman–Crippen LogP) is 2.03. The lowest BCUT2D eigenvalue weighted by Gasteiger charge is -2.33. The molecular formula is C10H15N3OS2. The van der Waals surface area contributed by atoms with Gasteiger partial charge in [0.25, 0.3) is 0 Å². The Kier molecular flexibility index (Phi) is 4.17. The lowest BCUT2D eigenvalue weighted by Crippen LogP contribution is -2.42. The Morgan fingerprint density at radius 2 is 2.56 bits per heavy atom. The van der Waals surface area contributed by atoms with Gasteiger partial charge in [-0.3, -0.25) is 4.79 Å². The average Bonchev–Trinajstić information content (AvgIpc) is 2.79. The molecule has 1 aromatic heterocycles. The first-order valence-electron chi connectivity index (χ1n) is 5.46. The number of nitrogens with zero attached hydrogens (tertiary/aromatic N) is 3. The van der Waals surface area contributed by atoms with E-state index in [-0.39, 0.29) is 5.91 Å². The molecule has 0 aliphatic carbocycles. The van der Waals surface area contributed by atoms with E-state index in [2.05, 4.69) is 17.1 Å². The number of amides is 1. The molecule has 2 heterocycles. The molecule has 0 N–H and O–H groups in total. The third kappa shape index (κ3) is 2.95. The average molecular weight is 257 g/mol. The smallest absolute Gasteiger partial charge is 0.233 e. The van der Waals surface area contributed by atoms with Crippen LogP contribution in [0.1, 0.15) is 26.2 Å². The minimum absolute atomic E-state index is 0.229. The highest BCUT2D eigenvalue weighted by molar-refractivity contribution is 8.01. The Balaban J connectivity index is 1.83. The van der Waals surface area contributed by atoms with Crippen molar-refractivity contribution in [3.63, 3.8) is 0 Å². The van der Waals surface area contributed by atoms with Crippen LogP contribution in [0.25, 0.3) is 0 Å². The van der Waals surface area contributed by atoms with Crippen molar-refractivity contribution in [2.45, 2.75) is 36.6 Å². The molecule has 1 aromatic rings. The third-order valence-corrected chi connectivity index (χ3v) is 4.63. The highest BCUT2D eigenvalue weighted by atomic mass is 32.2. The van der Waals surface area contributed by atoms with Crippen molar-refractivity contribution in [1.82, 2.24) is 15.1 Å². The summed E-state index contributed by atoms with van der Waals surface area (Å²) in [6.07, 6.45) is 3.52.